The molecule has 0 atom stereocenters. The quantitative estimate of drug-likeness (QED) is 0.341. The highest BCUT2D eigenvalue weighted by Crippen LogP contribution is 2.15. The normalized spacial score (nSPS) is 11.5. The van der Waals surface area contributed by atoms with Gasteiger partial charge in [-0.05, 0) is 24.6 Å². The molecule has 17 heavy (non-hydrogen) atoms. The zero-order valence-corrected chi connectivity index (χ0v) is 10.2. The maximum absolute atomic E-state index is 11.9. The maximum Gasteiger partial charge on any atom is 0.216 e. The predicted molar refractivity (Wildman–Crippen MR) is 71.1 cm³/mol. The molecule has 0 fully saturated rings. The molecule has 0 saturated carbocycles. The van der Waals surface area contributed by atoms with Crippen molar-refractivity contribution in [1.82, 2.24) is 0 Å². The van der Waals surface area contributed by atoms with E-state index in [1.807, 2.05) is 37.3 Å². The van der Waals surface area contributed by atoms with Crippen LogP contribution in [0.5, 0.6) is 0 Å². The Morgan fingerprint density at radius 1 is 1.12 bits per heavy atom. The Kier molecular flexibility index (Phi) is 3.45. The van der Waals surface area contributed by atoms with E-state index >= 15 is 0 Å². The largest absolute Gasteiger partial charge is 0.618 e. The van der Waals surface area contributed by atoms with Crippen LogP contribution in [-0.2, 0) is 0 Å². The van der Waals surface area contributed by atoms with E-state index < -0.39 is 0 Å². The number of halogens is 1. The Balaban J connectivity index is 2.39. The van der Waals surface area contributed by atoms with Crippen LogP contribution in [0.3, 0.4) is 0 Å². The first-order valence-corrected chi connectivity index (χ1v) is 5.67. The molecule has 0 heterocycles. The van der Waals surface area contributed by atoms with Gasteiger partial charge in [-0.3, -0.25) is 0 Å². The summed E-state index contributed by atoms with van der Waals surface area (Å²) in [5.41, 5.74) is 2.45. The summed E-state index contributed by atoms with van der Waals surface area (Å²) in [6.45, 7) is 1.95. The Morgan fingerprint density at radius 3 is 2.53 bits per heavy atom. The van der Waals surface area contributed by atoms with Crippen molar-refractivity contribution in [3.63, 3.8) is 0 Å². The van der Waals surface area contributed by atoms with Gasteiger partial charge in [-0.15, -0.1) is 0 Å². The summed E-state index contributed by atoms with van der Waals surface area (Å²) in [6, 6.07) is 14.6. The molecule has 0 saturated heterocycles. The summed E-state index contributed by atoms with van der Waals surface area (Å²) in [7, 11) is 0. The molecule has 0 aliphatic heterocycles. The van der Waals surface area contributed by atoms with Gasteiger partial charge in [-0.2, -0.15) is 4.74 Å². The number of para-hydroxylation sites is 1. The minimum atomic E-state index is 0.604. The van der Waals surface area contributed by atoms with Crippen molar-refractivity contribution >= 4 is 23.5 Å². The lowest BCUT2D eigenvalue weighted by Crippen LogP contribution is -2.00. The molecule has 0 radical (unpaired) electrons. The Bertz CT molecular complexity index is 549. The highest BCUT2D eigenvalue weighted by Gasteiger charge is 2.03. The zero-order chi connectivity index (χ0) is 12.3. The Labute approximate surface area is 105 Å². The van der Waals surface area contributed by atoms with Crippen LogP contribution in [0.4, 0.5) is 5.69 Å². The number of hydrogen-bond donors (Lipinski definition) is 0. The van der Waals surface area contributed by atoms with Gasteiger partial charge in [-0.1, -0.05) is 35.9 Å². The first-order valence-electron chi connectivity index (χ1n) is 5.29. The third kappa shape index (κ3) is 2.86. The number of nitrogens with zero attached hydrogens (tertiary/aromatic N) is 1. The Morgan fingerprint density at radius 2 is 1.82 bits per heavy atom. The molecular weight excluding hydrogens is 234 g/mol. The lowest BCUT2D eigenvalue weighted by atomic mass is 10.1. The molecular formula is C14H12ClNO. The highest BCUT2D eigenvalue weighted by molar-refractivity contribution is 6.30. The summed E-state index contributed by atoms with van der Waals surface area (Å²) in [5, 5.41) is 12.5. The van der Waals surface area contributed by atoms with Gasteiger partial charge >= 0.3 is 0 Å². The van der Waals surface area contributed by atoms with Gasteiger partial charge in [0.2, 0.25) is 5.69 Å². The molecule has 0 aromatic heterocycles. The fraction of sp³-hybridized carbons (Fsp3) is 0.0714. The van der Waals surface area contributed by atoms with Crippen molar-refractivity contribution in [1.29, 1.82) is 0 Å². The number of rotatable bonds is 2. The third-order valence-electron chi connectivity index (χ3n) is 2.51. The molecule has 0 bridgehead atoms. The van der Waals surface area contributed by atoms with Crippen molar-refractivity contribution in [3.05, 3.63) is 69.9 Å². The number of benzene rings is 2. The van der Waals surface area contributed by atoms with E-state index in [0.717, 1.165) is 15.9 Å². The van der Waals surface area contributed by atoms with E-state index in [2.05, 4.69) is 0 Å². The van der Waals surface area contributed by atoms with E-state index in [4.69, 9.17) is 11.6 Å². The summed E-state index contributed by atoms with van der Waals surface area (Å²) in [6.07, 6.45) is 1.54. The monoisotopic (exact) mass is 245 g/mol. The van der Waals surface area contributed by atoms with E-state index in [1.165, 1.54) is 6.21 Å². The first kappa shape index (κ1) is 11.7. The van der Waals surface area contributed by atoms with E-state index in [1.54, 1.807) is 18.2 Å². The van der Waals surface area contributed by atoms with Crippen LogP contribution >= 0.6 is 11.6 Å². The van der Waals surface area contributed by atoms with Crippen molar-refractivity contribution in [2.45, 2.75) is 6.92 Å². The van der Waals surface area contributed by atoms with Crippen LogP contribution in [0, 0.1) is 12.1 Å². The summed E-state index contributed by atoms with van der Waals surface area (Å²) in [5.74, 6) is 0. The average Bonchev–Trinajstić information content (AvgIpc) is 2.35. The van der Waals surface area contributed by atoms with Crippen LogP contribution < -0.4 is 0 Å². The molecule has 0 aliphatic rings. The summed E-state index contributed by atoms with van der Waals surface area (Å²) >= 11 is 5.91. The van der Waals surface area contributed by atoms with Crippen molar-refractivity contribution in [2.24, 2.45) is 0 Å². The molecule has 2 rings (SSSR count). The van der Waals surface area contributed by atoms with Crippen molar-refractivity contribution in [2.75, 3.05) is 0 Å². The van der Waals surface area contributed by atoms with Gasteiger partial charge in [0.1, 0.15) is 0 Å². The fourth-order valence-corrected chi connectivity index (χ4v) is 1.71. The summed E-state index contributed by atoms with van der Waals surface area (Å²) < 4.78 is 0.846. The van der Waals surface area contributed by atoms with Crippen LogP contribution in [0.1, 0.15) is 11.1 Å². The smallest absolute Gasteiger partial charge is 0.216 e. The predicted octanol–water partition coefficient (Wildman–Crippen LogP) is 3.91. The second-order valence-electron chi connectivity index (χ2n) is 3.79. The molecule has 0 N–H and O–H groups in total. The van der Waals surface area contributed by atoms with Gasteiger partial charge in [0.05, 0.1) is 0 Å². The van der Waals surface area contributed by atoms with Crippen molar-refractivity contribution in [3.8, 4) is 0 Å². The van der Waals surface area contributed by atoms with Crippen LogP contribution in [0.2, 0.25) is 5.02 Å². The average molecular weight is 246 g/mol. The van der Waals surface area contributed by atoms with Gasteiger partial charge in [0.25, 0.3) is 0 Å². The SMILES string of the molecule is Cc1ccc(Cl)cc1C=[N+]([O-])c1ccccc1. The molecule has 86 valence electrons. The molecule has 2 nitrogen and oxygen atoms in total. The van der Waals surface area contributed by atoms with Crippen LogP contribution in [-0.4, -0.2) is 11.0 Å². The maximum atomic E-state index is 11.9. The van der Waals surface area contributed by atoms with Gasteiger partial charge < -0.3 is 5.21 Å². The van der Waals surface area contributed by atoms with Gasteiger partial charge in [0, 0.05) is 22.7 Å². The van der Waals surface area contributed by atoms with Crippen LogP contribution in [0.15, 0.2) is 48.5 Å². The zero-order valence-electron chi connectivity index (χ0n) is 9.43. The second-order valence-corrected chi connectivity index (χ2v) is 4.23. The van der Waals surface area contributed by atoms with Crippen molar-refractivity contribution < 1.29 is 4.74 Å². The lowest BCUT2D eigenvalue weighted by molar-refractivity contribution is -0.354. The van der Waals surface area contributed by atoms with E-state index in [-0.39, 0.29) is 0 Å². The molecule has 2 aromatic rings. The fourth-order valence-electron chi connectivity index (χ4n) is 1.53. The third-order valence-corrected chi connectivity index (χ3v) is 2.74. The minimum Gasteiger partial charge on any atom is -0.618 e. The number of hydrogen-bond acceptors (Lipinski definition) is 1. The van der Waals surface area contributed by atoms with E-state index in [9.17, 15) is 5.21 Å². The molecule has 0 unspecified atom stereocenters. The molecule has 0 spiro atoms. The Hall–Kier alpha value is -1.80. The second kappa shape index (κ2) is 5.02. The standard InChI is InChI=1S/C14H12ClNO/c1-11-7-8-13(15)9-12(11)10-16(17)14-5-3-2-4-6-14/h2-10H,1H3. The first-order chi connectivity index (χ1) is 8.16. The molecule has 3 heteroatoms. The van der Waals surface area contributed by atoms with E-state index in [0.29, 0.717) is 10.7 Å². The van der Waals surface area contributed by atoms with Gasteiger partial charge in [-0.25, -0.2) is 0 Å². The summed E-state index contributed by atoms with van der Waals surface area (Å²) in [4.78, 5) is 0. The molecule has 0 aliphatic carbocycles. The lowest BCUT2D eigenvalue weighted by Gasteiger charge is -2.04. The minimum absolute atomic E-state index is 0.604. The van der Waals surface area contributed by atoms with Crippen LogP contribution in [0.25, 0.3) is 0 Å². The van der Waals surface area contributed by atoms with Gasteiger partial charge in [0.15, 0.2) is 6.21 Å². The topological polar surface area (TPSA) is 26.1 Å². The molecule has 2 aromatic carbocycles. The highest BCUT2D eigenvalue weighted by atomic mass is 35.5. The molecule has 0 amide bonds. The number of aryl methyl sites for hydroxylation is 1.